The number of anilines is 3. The maximum absolute atomic E-state index is 12.8. The van der Waals surface area contributed by atoms with E-state index in [1.807, 2.05) is 48.6 Å². The topological polar surface area (TPSA) is 69.7 Å². The van der Waals surface area contributed by atoms with Gasteiger partial charge in [0.25, 0.3) is 0 Å². The highest BCUT2D eigenvalue weighted by Gasteiger charge is 2.47. The molecule has 2 aromatic carbocycles. The van der Waals surface area contributed by atoms with Gasteiger partial charge >= 0.3 is 0 Å². The molecule has 6 nitrogen and oxygen atoms in total. The number of allylic oxidation sites excluding steroid dienone is 2. The molecule has 2 heterocycles. The largest absolute Gasteiger partial charge is 0.339 e. The van der Waals surface area contributed by atoms with E-state index in [1.54, 1.807) is 0 Å². The Morgan fingerprint density at radius 1 is 0.900 bits per heavy atom. The molecular formula is C24H23N3O3. The van der Waals surface area contributed by atoms with Gasteiger partial charge in [-0.1, -0.05) is 42.5 Å². The molecule has 3 amide bonds. The van der Waals surface area contributed by atoms with Crippen LogP contribution in [0, 0.1) is 11.8 Å². The van der Waals surface area contributed by atoms with Gasteiger partial charge in [0.15, 0.2) is 0 Å². The van der Waals surface area contributed by atoms with Crippen molar-refractivity contribution in [2.45, 2.75) is 19.3 Å². The average Bonchev–Trinajstić information content (AvgIpc) is 3.30. The fourth-order valence-corrected chi connectivity index (χ4v) is 4.76. The van der Waals surface area contributed by atoms with Crippen LogP contribution in [0.2, 0.25) is 0 Å². The number of carbonyl (C=O) groups excluding carboxylic acids is 3. The van der Waals surface area contributed by atoms with Gasteiger partial charge in [-0.15, -0.1) is 0 Å². The highest BCUT2D eigenvalue weighted by Crippen LogP contribution is 2.38. The lowest BCUT2D eigenvalue weighted by atomic mass is 9.85. The minimum Gasteiger partial charge on any atom is -0.339 e. The van der Waals surface area contributed by atoms with E-state index in [0.29, 0.717) is 18.5 Å². The molecule has 152 valence electrons. The number of rotatable bonds is 4. The van der Waals surface area contributed by atoms with Gasteiger partial charge in [0.2, 0.25) is 17.7 Å². The highest BCUT2D eigenvalue weighted by molar-refractivity contribution is 6.09. The number of carbonyl (C=O) groups is 3. The van der Waals surface area contributed by atoms with Crippen LogP contribution in [-0.2, 0) is 20.8 Å². The van der Waals surface area contributed by atoms with E-state index in [0.717, 1.165) is 29.2 Å². The first-order chi connectivity index (χ1) is 14.6. The normalized spacial score (nSPS) is 22.3. The predicted octanol–water partition coefficient (Wildman–Crippen LogP) is 3.27. The minimum absolute atomic E-state index is 0.230. The summed E-state index contributed by atoms with van der Waals surface area (Å²) in [6.45, 7) is 0.598. The summed E-state index contributed by atoms with van der Waals surface area (Å²) in [6.07, 6.45) is 5.99. The van der Waals surface area contributed by atoms with Gasteiger partial charge in [0.05, 0.1) is 23.2 Å². The Morgan fingerprint density at radius 3 is 2.27 bits per heavy atom. The van der Waals surface area contributed by atoms with E-state index >= 15 is 0 Å². The Labute approximate surface area is 175 Å². The van der Waals surface area contributed by atoms with Crippen LogP contribution in [-0.4, -0.2) is 35.7 Å². The molecule has 1 N–H and O–H groups in total. The summed E-state index contributed by atoms with van der Waals surface area (Å²) in [5.41, 5.74) is 4.01. The molecule has 0 saturated carbocycles. The fraction of sp³-hybridized carbons (Fsp3) is 0.292. The van der Waals surface area contributed by atoms with Crippen molar-refractivity contribution in [3.63, 3.8) is 0 Å². The van der Waals surface area contributed by atoms with Crippen LogP contribution in [0.25, 0.3) is 0 Å². The summed E-state index contributed by atoms with van der Waals surface area (Å²) in [5.74, 6) is -1.45. The number of nitrogens with one attached hydrogen (secondary N) is 1. The van der Waals surface area contributed by atoms with Crippen LogP contribution in [0.15, 0.2) is 60.7 Å². The van der Waals surface area contributed by atoms with Crippen LogP contribution in [0.3, 0.4) is 0 Å². The second kappa shape index (κ2) is 7.44. The quantitative estimate of drug-likeness (QED) is 0.631. The molecule has 0 unspecified atom stereocenters. The maximum atomic E-state index is 12.8. The minimum atomic E-state index is -0.358. The second-order valence-electron chi connectivity index (χ2n) is 8.01. The van der Waals surface area contributed by atoms with Crippen molar-refractivity contribution in [1.82, 2.24) is 4.90 Å². The Bertz CT molecular complexity index is 1040. The molecule has 0 radical (unpaired) electrons. The van der Waals surface area contributed by atoms with Crippen molar-refractivity contribution in [2.24, 2.45) is 11.8 Å². The Balaban J connectivity index is 1.33. The summed E-state index contributed by atoms with van der Waals surface area (Å²) in [5, 5.41) is 2.93. The number of hydrogen-bond donors (Lipinski definition) is 1. The molecule has 5 rings (SSSR count). The van der Waals surface area contributed by atoms with Gasteiger partial charge in [-0.05, 0) is 43.0 Å². The first-order valence-electron chi connectivity index (χ1n) is 10.4. The lowest BCUT2D eigenvalue weighted by Gasteiger charge is -2.23. The van der Waals surface area contributed by atoms with Crippen molar-refractivity contribution in [2.75, 3.05) is 23.3 Å². The summed E-state index contributed by atoms with van der Waals surface area (Å²) in [6, 6.07) is 15.9. The van der Waals surface area contributed by atoms with Crippen molar-refractivity contribution < 1.29 is 14.4 Å². The third-order valence-electron chi connectivity index (χ3n) is 6.26. The standard InChI is InChI=1S/C24H23N3O3/c28-22(15-27-23(29)17-8-2-3-9-18(17)24(27)30)25-19-10-4-6-12-21(19)26-14-13-16-7-1-5-11-20(16)26/h1-7,10-12,17-18H,8-9,13-15H2,(H,25,28)/t17-,18-/m0/s1. The van der Waals surface area contributed by atoms with Crippen molar-refractivity contribution in [3.05, 3.63) is 66.2 Å². The fourth-order valence-electron chi connectivity index (χ4n) is 4.76. The molecule has 0 bridgehead atoms. The summed E-state index contributed by atoms with van der Waals surface area (Å²) in [7, 11) is 0. The molecule has 6 heteroatoms. The number of benzene rings is 2. The molecule has 1 fully saturated rings. The van der Waals surface area contributed by atoms with Gasteiger partial charge in [0.1, 0.15) is 6.54 Å². The van der Waals surface area contributed by atoms with Gasteiger partial charge < -0.3 is 10.2 Å². The lowest BCUT2D eigenvalue weighted by Crippen LogP contribution is -2.38. The van der Waals surface area contributed by atoms with E-state index in [4.69, 9.17) is 0 Å². The zero-order chi connectivity index (χ0) is 20.7. The first kappa shape index (κ1) is 18.6. The van der Waals surface area contributed by atoms with E-state index in [2.05, 4.69) is 22.3 Å². The van der Waals surface area contributed by atoms with E-state index in [1.165, 1.54) is 5.56 Å². The Morgan fingerprint density at radius 2 is 1.53 bits per heavy atom. The molecule has 2 aromatic rings. The molecule has 0 spiro atoms. The number of para-hydroxylation sites is 3. The summed E-state index contributed by atoms with van der Waals surface area (Å²) >= 11 is 0. The Hall–Kier alpha value is -3.41. The van der Waals surface area contributed by atoms with Crippen LogP contribution in [0.4, 0.5) is 17.1 Å². The number of imide groups is 1. The highest BCUT2D eigenvalue weighted by atomic mass is 16.2. The predicted molar refractivity (Wildman–Crippen MR) is 114 cm³/mol. The maximum Gasteiger partial charge on any atom is 0.244 e. The zero-order valence-electron chi connectivity index (χ0n) is 16.6. The summed E-state index contributed by atoms with van der Waals surface area (Å²) in [4.78, 5) is 41.4. The second-order valence-corrected chi connectivity index (χ2v) is 8.01. The van der Waals surface area contributed by atoms with Gasteiger partial charge in [-0.3, -0.25) is 19.3 Å². The number of nitrogens with zero attached hydrogens (tertiary/aromatic N) is 2. The van der Waals surface area contributed by atoms with Gasteiger partial charge in [-0.2, -0.15) is 0 Å². The molecule has 2 aliphatic heterocycles. The third-order valence-corrected chi connectivity index (χ3v) is 6.26. The van der Waals surface area contributed by atoms with Gasteiger partial charge in [-0.25, -0.2) is 0 Å². The van der Waals surface area contributed by atoms with Gasteiger partial charge in [0, 0.05) is 12.2 Å². The number of fused-ring (bicyclic) bond motifs is 2. The third kappa shape index (κ3) is 3.09. The molecule has 30 heavy (non-hydrogen) atoms. The molecule has 2 atom stereocenters. The lowest BCUT2D eigenvalue weighted by molar-refractivity contribution is -0.142. The van der Waals surface area contributed by atoms with Crippen LogP contribution >= 0.6 is 0 Å². The number of likely N-dealkylation sites (tertiary alicyclic amines) is 1. The van der Waals surface area contributed by atoms with E-state index in [-0.39, 0.29) is 36.1 Å². The monoisotopic (exact) mass is 401 g/mol. The average molecular weight is 401 g/mol. The SMILES string of the molecule is O=C(CN1C(=O)[C@H]2CC=CC[C@@H]2C1=O)Nc1ccccc1N1CCc2ccccc21. The smallest absolute Gasteiger partial charge is 0.244 e. The molecule has 1 saturated heterocycles. The van der Waals surface area contributed by atoms with Crippen LogP contribution in [0.5, 0.6) is 0 Å². The van der Waals surface area contributed by atoms with E-state index in [9.17, 15) is 14.4 Å². The van der Waals surface area contributed by atoms with Crippen molar-refractivity contribution in [1.29, 1.82) is 0 Å². The molecule has 3 aliphatic rings. The zero-order valence-corrected chi connectivity index (χ0v) is 16.6. The van der Waals surface area contributed by atoms with Crippen molar-refractivity contribution in [3.8, 4) is 0 Å². The van der Waals surface area contributed by atoms with Crippen molar-refractivity contribution >= 4 is 34.8 Å². The number of amides is 3. The Kier molecular flexibility index (Phi) is 4.62. The van der Waals surface area contributed by atoms with Crippen LogP contribution in [0.1, 0.15) is 18.4 Å². The first-order valence-corrected chi connectivity index (χ1v) is 10.4. The molecule has 0 aromatic heterocycles. The molecule has 1 aliphatic carbocycles. The van der Waals surface area contributed by atoms with E-state index < -0.39 is 0 Å². The molecular weight excluding hydrogens is 378 g/mol. The number of hydrogen-bond acceptors (Lipinski definition) is 4. The van der Waals surface area contributed by atoms with Crippen LogP contribution < -0.4 is 10.2 Å². The summed E-state index contributed by atoms with van der Waals surface area (Å²) < 4.78 is 0.